The highest BCUT2D eigenvalue weighted by molar-refractivity contribution is 6.04. The van der Waals surface area contributed by atoms with Crippen molar-refractivity contribution in [3.63, 3.8) is 0 Å². The van der Waals surface area contributed by atoms with Gasteiger partial charge in [-0.05, 0) is 74.8 Å². The van der Waals surface area contributed by atoms with Crippen LogP contribution in [0.3, 0.4) is 0 Å². The lowest BCUT2D eigenvalue weighted by Crippen LogP contribution is -2.31. The highest BCUT2D eigenvalue weighted by Gasteiger charge is 2.47. The number of carboxylic acid groups (broad SMARTS) is 1. The summed E-state index contributed by atoms with van der Waals surface area (Å²) in [7, 11) is 0. The number of hydrogen-bond donors (Lipinski definition) is 3. The van der Waals surface area contributed by atoms with E-state index < -0.39 is 23.6 Å². The Balaban J connectivity index is 1.36. The molecule has 3 heterocycles. The molecule has 0 saturated heterocycles. The lowest BCUT2D eigenvalue weighted by atomic mass is 9.73. The van der Waals surface area contributed by atoms with Crippen LogP contribution in [0.1, 0.15) is 60.3 Å². The van der Waals surface area contributed by atoms with E-state index >= 15 is 0 Å². The van der Waals surface area contributed by atoms with E-state index in [9.17, 15) is 27.9 Å². The van der Waals surface area contributed by atoms with Crippen molar-refractivity contribution in [3.05, 3.63) is 65.9 Å². The number of aromatic nitrogens is 4. The molecule has 2 aliphatic carbocycles. The van der Waals surface area contributed by atoms with Crippen molar-refractivity contribution in [3.8, 4) is 17.0 Å². The van der Waals surface area contributed by atoms with Gasteiger partial charge in [0, 0.05) is 35.6 Å². The largest absolute Gasteiger partial charge is 0.493 e. The quantitative estimate of drug-likeness (QED) is 0.249. The Morgan fingerprint density at radius 1 is 1.12 bits per heavy atom. The Bertz CT molecular complexity index is 1710. The number of carboxylic acids is 1. The van der Waals surface area contributed by atoms with Crippen molar-refractivity contribution in [2.75, 3.05) is 17.7 Å². The zero-order valence-corrected chi connectivity index (χ0v) is 23.1. The number of fused-ring (bicyclic) bond motifs is 3. The summed E-state index contributed by atoms with van der Waals surface area (Å²) in [5.74, 6) is -0.436. The van der Waals surface area contributed by atoms with E-state index in [0.717, 1.165) is 37.0 Å². The number of rotatable bonds is 7. The lowest BCUT2D eigenvalue weighted by Gasteiger charge is -2.32. The van der Waals surface area contributed by atoms with Crippen LogP contribution in [0.2, 0.25) is 0 Å². The second-order valence-corrected chi connectivity index (χ2v) is 11.0. The molecule has 43 heavy (non-hydrogen) atoms. The van der Waals surface area contributed by atoms with Crippen molar-refractivity contribution in [2.24, 2.45) is 17.8 Å². The first-order chi connectivity index (χ1) is 20.5. The molecular weight excluding hydrogens is 565 g/mol. The van der Waals surface area contributed by atoms with E-state index in [4.69, 9.17) is 15.5 Å². The normalized spacial score (nSPS) is 21.6. The second kappa shape index (κ2) is 10.9. The van der Waals surface area contributed by atoms with Crippen LogP contribution in [0.25, 0.3) is 16.8 Å². The van der Waals surface area contributed by atoms with Gasteiger partial charge in [0.2, 0.25) is 0 Å². The van der Waals surface area contributed by atoms with Crippen molar-refractivity contribution in [1.82, 2.24) is 19.4 Å². The van der Waals surface area contributed by atoms with Gasteiger partial charge < -0.3 is 20.9 Å². The minimum absolute atomic E-state index is 0.0247. The molecule has 3 aromatic heterocycles. The standard InChI is InChI=1S/C30H29F3N6O4/c1-2-43-21-13-17(28(40)37-22-14-19(7-8-35-22)30(31,32)33)5-6-20(21)24-25-26(34)36-9-10-39(25)27(38-24)18-11-15-3-4-16(12-18)23(15)29(41)42/h5-10,13-16,18,23H,2-4,11-12H2,1H3,(H2,34,36)(H,41,42)(H,35,37,40)/t15-,16+,18-,23?. The number of pyridine rings is 1. The van der Waals surface area contributed by atoms with Gasteiger partial charge in [-0.15, -0.1) is 0 Å². The monoisotopic (exact) mass is 594 g/mol. The van der Waals surface area contributed by atoms with Crippen LogP contribution in [-0.4, -0.2) is 42.9 Å². The summed E-state index contributed by atoms with van der Waals surface area (Å²) < 4.78 is 47.2. The maximum atomic E-state index is 13.1. The van der Waals surface area contributed by atoms with Gasteiger partial charge in [0.05, 0.1) is 18.1 Å². The van der Waals surface area contributed by atoms with E-state index in [1.165, 1.54) is 12.1 Å². The van der Waals surface area contributed by atoms with Gasteiger partial charge in [-0.3, -0.25) is 14.0 Å². The van der Waals surface area contributed by atoms with Crippen LogP contribution in [-0.2, 0) is 11.0 Å². The number of aliphatic carboxylic acids is 1. The molecule has 10 nitrogen and oxygen atoms in total. The third-order valence-electron chi connectivity index (χ3n) is 8.49. The molecule has 6 rings (SSSR count). The minimum Gasteiger partial charge on any atom is -0.493 e. The average molecular weight is 595 g/mol. The predicted octanol–water partition coefficient (Wildman–Crippen LogP) is 5.65. The van der Waals surface area contributed by atoms with Crippen LogP contribution in [0.4, 0.5) is 24.8 Å². The number of halogens is 3. The molecule has 1 unspecified atom stereocenters. The van der Waals surface area contributed by atoms with Gasteiger partial charge in [0.25, 0.3) is 5.91 Å². The maximum absolute atomic E-state index is 13.1. The predicted molar refractivity (Wildman–Crippen MR) is 151 cm³/mol. The zero-order valence-electron chi connectivity index (χ0n) is 23.1. The molecule has 13 heteroatoms. The maximum Gasteiger partial charge on any atom is 0.416 e. The van der Waals surface area contributed by atoms with Crippen LogP contribution in [0, 0.1) is 17.8 Å². The van der Waals surface area contributed by atoms with Gasteiger partial charge >= 0.3 is 12.1 Å². The number of nitrogens with zero attached hydrogens (tertiary/aromatic N) is 4. The third kappa shape index (κ3) is 5.23. The van der Waals surface area contributed by atoms with Gasteiger partial charge in [-0.1, -0.05) is 0 Å². The number of carbonyl (C=O) groups excluding carboxylic acids is 1. The molecule has 4 aromatic rings. The lowest BCUT2D eigenvalue weighted by molar-refractivity contribution is -0.145. The first-order valence-corrected chi connectivity index (χ1v) is 14.0. The number of amides is 1. The number of carbonyl (C=O) groups is 2. The number of anilines is 2. The Hall–Kier alpha value is -4.68. The number of nitrogens with one attached hydrogen (secondary N) is 1. The molecule has 1 amide bonds. The van der Waals surface area contributed by atoms with Gasteiger partial charge in [0.1, 0.15) is 34.4 Å². The van der Waals surface area contributed by atoms with E-state index in [1.54, 1.807) is 25.4 Å². The smallest absolute Gasteiger partial charge is 0.416 e. The summed E-state index contributed by atoms with van der Waals surface area (Å²) in [4.78, 5) is 38.0. The summed E-state index contributed by atoms with van der Waals surface area (Å²) in [6.07, 6.45) is 2.94. The van der Waals surface area contributed by atoms with Crippen LogP contribution in [0.15, 0.2) is 48.9 Å². The van der Waals surface area contributed by atoms with E-state index in [0.29, 0.717) is 35.4 Å². The topological polar surface area (TPSA) is 145 Å². The third-order valence-corrected chi connectivity index (χ3v) is 8.49. The van der Waals surface area contributed by atoms with E-state index in [-0.39, 0.29) is 47.5 Å². The SMILES string of the molecule is CCOc1cc(C(=O)Nc2cc(C(F)(F)F)ccn2)ccc1-c1nc([C@@H]2C[C@H]3CC[C@@H](C2)C3C(=O)O)n2ccnc(N)c12. The fourth-order valence-corrected chi connectivity index (χ4v) is 6.70. The zero-order chi connectivity index (χ0) is 30.5. The number of alkyl halides is 3. The number of nitrogens with two attached hydrogens (primary N) is 1. The Kier molecular flexibility index (Phi) is 7.18. The molecule has 1 aromatic carbocycles. The van der Waals surface area contributed by atoms with Gasteiger partial charge in [-0.2, -0.15) is 13.2 Å². The van der Waals surface area contributed by atoms with Gasteiger partial charge in [0.15, 0.2) is 0 Å². The molecule has 2 bridgehead atoms. The summed E-state index contributed by atoms with van der Waals surface area (Å²) in [6, 6.07) is 6.27. The molecule has 4 atom stereocenters. The van der Waals surface area contributed by atoms with E-state index in [2.05, 4.69) is 15.3 Å². The highest BCUT2D eigenvalue weighted by Crippen LogP contribution is 2.52. The van der Waals surface area contributed by atoms with Crippen LogP contribution < -0.4 is 15.8 Å². The molecule has 2 aliphatic rings. The molecule has 0 spiro atoms. The Morgan fingerprint density at radius 2 is 1.86 bits per heavy atom. The Morgan fingerprint density at radius 3 is 2.53 bits per heavy atom. The van der Waals surface area contributed by atoms with Crippen LogP contribution in [0.5, 0.6) is 5.75 Å². The highest BCUT2D eigenvalue weighted by atomic mass is 19.4. The van der Waals surface area contributed by atoms with Crippen molar-refractivity contribution < 1.29 is 32.6 Å². The van der Waals surface area contributed by atoms with Crippen LogP contribution >= 0.6 is 0 Å². The van der Waals surface area contributed by atoms with E-state index in [1.807, 2.05) is 4.40 Å². The number of ether oxygens (including phenoxy) is 1. The molecule has 2 fully saturated rings. The average Bonchev–Trinajstić information content (AvgIpc) is 3.48. The minimum atomic E-state index is -4.58. The fraction of sp³-hybridized carbons (Fsp3) is 0.367. The second-order valence-electron chi connectivity index (χ2n) is 11.0. The molecule has 0 aliphatic heterocycles. The number of nitrogen functional groups attached to an aromatic ring is 1. The number of hydrogen-bond acceptors (Lipinski definition) is 7. The molecule has 2 saturated carbocycles. The first-order valence-electron chi connectivity index (χ1n) is 14.0. The number of benzene rings is 1. The summed E-state index contributed by atoms with van der Waals surface area (Å²) in [5, 5.41) is 12.2. The summed E-state index contributed by atoms with van der Waals surface area (Å²) in [6.45, 7) is 2.05. The fourth-order valence-electron chi connectivity index (χ4n) is 6.70. The van der Waals surface area contributed by atoms with Gasteiger partial charge in [-0.25, -0.2) is 15.0 Å². The summed E-state index contributed by atoms with van der Waals surface area (Å²) in [5.41, 5.74) is 7.20. The molecular formula is C30H29F3N6O4. The summed E-state index contributed by atoms with van der Waals surface area (Å²) >= 11 is 0. The van der Waals surface area contributed by atoms with Crippen molar-refractivity contribution >= 4 is 29.0 Å². The Labute approximate surface area is 244 Å². The van der Waals surface area contributed by atoms with Crippen molar-refractivity contribution in [2.45, 2.75) is 44.7 Å². The first kappa shape index (κ1) is 28.4. The molecule has 0 radical (unpaired) electrons. The molecule has 224 valence electrons. The van der Waals surface area contributed by atoms with Crippen molar-refractivity contribution in [1.29, 1.82) is 0 Å². The molecule has 4 N–H and O–H groups in total. The number of imidazole rings is 1.